The number of imide groups is 1. The molecule has 9 heteroatoms. The van der Waals surface area contributed by atoms with Crippen molar-refractivity contribution in [1.29, 1.82) is 0 Å². The summed E-state index contributed by atoms with van der Waals surface area (Å²) >= 11 is 5.65. The van der Waals surface area contributed by atoms with Gasteiger partial charge in [-0.05, 0) is 73.8 Å². The smallest absolute Gasteiger partial charge is 0.366 e. The molecular formula is C11H4I3NO5. The molecule has 1 aliphatic rings. The number of benzene rings is 1. The molecule has 20 heavy (non-hydrogen) atoms. The number of phenols is 1. The Hall–Kier alpha value is -0.440. The quantitative estimate of drug-likeness (QED) is 0.410. The standard InChI is InChI=1S/C11H4I3NO5/c12-4-3-5(13)10(18)9(14)8(4)11(19)20-15-6(16)1-2-7(15)17/h1-3,18H. The molecule has 1 aromatic rings. The Bertz CT molecular complexity index is 653. The molecule has 0 saturated heterocycles. The molecule has 0 fully saturated rings. The van der Waals surface area contributed by atoms with Gasteiger partial charge >= 0.3 is 5.97 Å². The third kappa shape index (κ3) is 2.93. The number of carbonyl (C=O) groups is 3. The van der Waals surface area contributed by atoms with Crippen LogP contribution in [0.2, 0.25) is 0 Å². The molecule has 6 nitrogen and oxygen atoms in total. The first-order chi connectivity index (χ1) is 9.32. The summed E-state index contributed by atoms with van der Waals surface area (Å²) in [5.74, 6) is -2.36. The lowest BCUT2D eigenvalue weighted by atomic mass is 10.2. The highest BCUT2D eigenvalue weighted by atomic mass is 127. The van der Waals surface area contributed by atoms with E-state index in [1.54, 1.807) is 28.7 Å². The summed E-state index contributed by atoms with van der Waals surface area (Å²) in [6.45, 7) is 0. The number of hydrogen-bond donors (Lipinski definition) is 1. The van der Waals surface area contributed by atoms with Gasteiger partial charge in [0.15, 0.2) is 0 Å². The Morgan fingerprint density at radius 1 is 1.10 bits per heavy atom. The van der Waals surface area contributed by atoms with Crippen molar-refractivity contribution in [1.82, 2.24) is 5.06 Å². The Kier molecular flexibility index (Phi) is 4.88. The third-order valence-corrected chi connectivity index (χ3v) is 5.02. The van der Waals surface area contributed by atoms with Crippen molar-refractivity contribution >= 4 is 85.6 Å². The van der Waals surface area contributed by atoms with E-state index in [2.05, 4.69) is 0 Å². The van der Waals surface area contributed by atoms with Crippen LogP contribution in [0.25, 0.3) is 0 Å². The summed E-state index contributed by atoms with van der Waals surface area (Å²) in [5, 5.41) is 10.2. The van der Waals surface area contributed by atoms with Crippen LogP contribution in [0.4, 0.5) is 0 Å². The van der Waals surface area contributed by atoms with Gasteiger partial charge in [-0.25, -0.2) is 4.79 Å². The molecular weight excluding hydrogens is 607 g/mol. The first-order valence-corrected chi connectivity index (χ1v) is 8.21. The van der Waals surface area contributed by atoms with Crippen LogP contribution in [-0.2, 0) is 14.4 Å². The van der Waals surface area contributed by atoms with Gasteiger partial charge in [-0.2, -0.15) is 0 Å². The van der Waals surface area contributed by atoms with Gasteiger partial charge < -0.3 is 9.94 Å². The predicted molar refractivity (Wildman–Crippen MR) is 92.7 cm³/mol. The van der Waals surface area contributed by atoms with Crippen molar-refractivity contribution in [2.24, 2.45) is 0 Å². The number of nitrogens with zero attached hydrogens (tertiary/aromatic N) is 1. The van der Waals surface area contributed by atoms with Crippen molar-refractivity contribution < 1.29 is 24.3 Å². The minimum absolute atomic E-state index is 0.0456. The zero-order chi connectivity index (χ0) is 15.0. The number of halogens is 3. The highest BCUT2D eigenvalue weighted by molar-refractivity contribution is 14.1. The van der Waals surface area contributed by atoms with Crippen LogP contribution in [0, 0.1) is 10.7 Å². The highest BCUT2D eigenvalue weighted by Gasteiger charge is 2.30. The van der Waals surface area contributed by atoms with Gasteiger partial charge in [-0.3, -0.25) is 9.59 Å². The maximum Gasteiger partial charge on any atom is 0.366 e. The lowest BCUT2D eigenvalue weighted by molar-refractivity contribution is -0.170. The average molecular weight is 611 g/mol. The predicted octanol–water partition coefficient (Wildman–Crippen LogP) is 2.20. The van der Waals surface area contributed by atoms with Crippen LogP contribution in [-0.4, -0.2) is 28.0 Å². The first kappa shape index (κ1) is 15.9. The molecule has 2 rings (SSSR count). The molecule has 0 spiro atoms. The molecule has 0 unspecified atom stereocenters. The van der Waals surface area contributed by atoms with Gasteiger partial charge in [-0.15, -0.1) is 0 Å². The lowest BCUT2D eigenvalue weighted by Gasteiger charge is -2.15. The van der Waals surface area contributed by atoms with Crippen LogP contribution < -0.4 is 0 Å². The van der Waals surface area contributed by atoms with E-state index in [9.17, 15) is 19.5 Å². The molecule has 0 radical (unpaired) electrons. The maximum atomic E-state index is 12.1. The molecule has 1 N–H and O–H groups in total. The Morgan fingerprint density at radius 3 is 2.20 bits per heavy atom. The van der Waals surface area contributed by atoms with Crippen molar-refractivity contribution in [3.63, 3.8) is 0 Å². The van der Waals surface area contributed by atoms with Gasteiger partial charge in [-0.1, -0.05) is 5.06 Å². The summed E-state index contributed by atoms with van der Waals surface area (Å²) in [7, 11) is 0. The summed E-state index contributed by atoms with van der Waals surface area (Å²) in [6, 6.07) is 1.60. The highest BCUT2D eigenvalue weighted by Crippen LogP contribution is 2.33. The van der Waals surface area contributed by atoms with Gasteiger partial charge in [0.25, 0.3) is 11.8 Å². The molecule has 2 amide bonds. The van der Waals surface area contributed by atoms with E-state index in [4.69, 9.17) is 4.84 Å². The zero-order valence-corrected chi connectivity index (χ0v) is 15.9. The van der Waals surface area contributed by atoms with E-state index in [1.807, 2.05) is 45.2 Å². The number of hydroxylamine groups is 2. The van der Waals surface area contributed by atoms with Gasteiger partial charge in [0, 0.05) is 15.7 Å². The van der Waals surface area contributed by atoms with E-state index in [0.29, 0.717) is 15.8 Å². The molecule has 0 saturated carbocycles. The van der Waals surface area contributed by atoms with Crippen LogP contribution in [0.3, 0.4) is 0 Å². The fraction of sp³-hybridized carbons (Fsp3) is 0. The summed E-state index contributed by atoms with van der Waals surface area (Å²) in [5.41, 5.74) is 0.108. The molecule has 104 valence electrons. The maximum absolute atomic E-state index is 12.1. The third-order valence-electron chi connectivity index (χ3n) is 2.29. The number of aromatic hydroxyl groups is 1. The van der Waals surface area contributed by atoms with E-state index in [-0.39, 0.29) is 11.3 Å². The SMILES string of the molecule is O=C(ON1C(=O)C=CC1=O)c1c(I)cc(I)c(O)c1I. The van der Waals surface area contributed by atoms with E-state index >= 15 is 0 Å². The fourth-order valence-corrected chi connectivity index (χ4v) is 5.18. The zero-order valence-electron chi connectivity index (χ0n) is 9.39. The number of rotatable bonds is 2. The second kappa shape index (κ2) is 6.13. The average Bonchev–Trinajstić information content (AvgIpc) is 2.68. The van der Waals surface area contributed by atoms with Crippen molar-refractivity contribution in [2.75, 3.05) is 0 Å². The number of carbonyl (C=O) groups excluding carboxylic acids is 3. The van der Waals surface area contributed by atoms with Crippen LogP contribution in [0.15, 0.2) is 18.2 Å². The summed E-state index contributed by atoms with van der Waals surface area (Å²) in [6.07, 6.45) is 2.02. The second-order valence-electron chi connectivity index (χ2n) is 3.56. The molecule has 1 aliphatic heterocycles. The minimum atomic E-state index is -0.879. The van der Waals surface area contributed by atoms with E-state index in [0.717, 1.165) is 12.2 Å². The largest absolute Gasteiger partial charge is 0.506 e. The van der Waals surface area contributed by atoms with Crippen LogP contribution in [0.1, 0.15) is 10.4 Å². The number of amides is 2. The normalized spacial score (nSPS) is 14.1. The van der Waals surface area contributed by atoms with Crippen molar-refractivity contribution in [3.8, 4) is 5.75 Å². The summed E-state index contributed by atoms with van der Waals surface area (Å²) < 4.78 is 1.44. The monoisotopic (exact) mass is 611 g/mol. The Morgan fingerprint density at radius 2 is 1.65 bits per heavy atom. The Balaban J connectivity index is 2.33. The Labute approximate surface area is 153 Å². The van der Waals surface area contributed by atoms with Crippen LogP contribution in [0.5, 0.6) is 5.75 Å². The molecule has 1 heterocycles. The van der Waals surface area contributed by atoms with Gasteiger partial charge in [0.2, 0.25) is 0 Å². The van der Waals surface area contributed by atoms with E-state index < -0.39 is 17.8 Å². The molecule has 0 aromatic heterocycles. The van der Waals surface area contributed by atoms with E-state index in [1.165, 1.54) is 0 Å². The van der Waals surface area contributed by atoms with Gasteiger partial charge in [0.05, 0.1) is 12.7 Å². The molecule has 0 bridgehead atoms. The van der Waals surface area contributed by atoms with Crippen molar-refractivity contribution in [2.45, 2.75) is 0 Å². The van der Waals surface area contributed by atoms with Gasteiger partial charge in [0.1, 0.15) is 5.75 Å². The topological polar surface area (TPSA) is 83.9 Å². The summed E-state index contributed by atoms with van der Waals surface area (Å²) in [4.78, 5) is 39.5. The fourth-order valence-electron chi connectivity index (χ4n) is 1.37. The lowest BCUT2D eigenvalue weighted by Crippen LogP contribution is -2.33. The van der Waals surface area contributed by atoms with Crippen LogP contribution >= 0.6 is 67.8 Å². The number of hydrogen-bond acceptors (Lipinski definition) is 5. The minimum Gasteiger partial charge on any atom is -0.506 e. The second-order valence-corrected chi connectivity index (χ2v) is 6.96. The molecule has 0 aliphatic carbocycles. The molecule has 1 aromatic carbocycles. The van der Waals surface area contributed by atoms with Crippen molar-refractivity contribution in [3.05, 3.63) is 34.5 Å². The number of phenolic OH excluding ortho intramolecular Hbond substituents is 1. The molecule has 0 atom stereocenters. The first-order valence-electron chi connectivity index (χ1n) is 4.97.